The third-order valence-electron chi connectivity index (χ3n) is 3.33. The number of carbonyl (C=O) groups is 1. The number of hydrogen-bond donors (Lipinski definition) is 2. The van der Waals surface area contributed by atoms with Crippen molar-refractivity contribution in [2.45, 2.75) is 18.5 Å². The third-order valence-corrected chi connectivity index (χ3v) is 4.90. The topological polar surface area (TPSA) is 57.8 Å². The monoisotopic (exact) mass is 389 g/mol. The second kappa shape index (κ2) is 7.19. The van der Waals surface area contributed by atoms with Crippen LogP contribution in [-0.2, 0) is 4.79 Å². The molecule has 3 aromatic rings. The number of imidazole rings is 1. The van der Waals surface area contributed by atoms with Crippen LogP contribution in [-0.4, -0.2) is 21.6 Å². The van der Waals surface area contributed by atoms with E-state index in [1.165, 1.54) is 5.56 Å². The summed E-state index contributed by atoms with van der Waals surface area (Å²) in [7, 11) is 0. The molecule has 0 unspecified atom stereocenters. The summed E-state index contributed by atoms with van der Waals surface area (Å²) in [4.78, 5) is 19.8. The first-order valence-electron chi connectivity index (χ1n) is 7.25. The lowest BCUT2D eigenvalue weighted by Gasteiger charge is -2.06. The van der Waals surface area contributed by atoms with Crippen molar-refractivity contribution in [3.05, 3.63) is 52.5 Å². The number of para-hydroxylation sites is 1. The molecule has 0 spiro atoms. The van der Waals surface area contributed by atoms with Gasteiger partial charge in [0, 0.05) is 16.6 Å². The highest BCUT2D eigenvalue weighted by Gasteiger charge is 2.07. The number of hydrogen-bond acceptors (Lipinski definition) is 3. The van der Waals surface area contributed by atoms with Crippen molar-refractivity contribution in [2.24, 2.45) is 0 Å². The number of nitrogens with zero attached hydrogens (tertiary/aromatic N) is 1. The van der Waals surface area contributed by atoms with Gasteiger partial charge < -0.3 is 10.3 Å². The van der Waals surface area contributed by atoms with Crippen LogP contribution in [0.15, 0.2) is 52.1 Å². The number of amides is 1. The van der Waals surface area contributed by atoms with Gasteiger partial charge in [-0.05, 0) is 52.7 Å². The van der Waals surface area contributed by atoms with Gasteiger partial charge in [0.15, 0.2) is 5.16 Å². The van der Waals surface area contributed by atoms with E-state index in [1.807, 2.05) is 36.4 Å². The number of H-pyrrole nitrogens is 1. The number of carbonyl (C=O) groups excluding carboxylic acids is 1. The first-order valence-corrected chi connectivity index (χ1v) is 9.03. The largest absolute Gasteiger partial charge is 0.333 e. The van der Waals surface area contributed by atoms with E-state index in [0.29, 0.717) is 12.2 Å². The SMILES string of the molecule is Cc1ccc2nc(SCCC(=O)Nc3ccccc3Br)[nH]c2c1. The number of benzene rings is 2. The van der Waals surface area contributed by atoms with Gasteiger partial charge in [0.1, 0.15) is 0 Å². The van der Waals surface area contributed by atoms with Crippen molar-refractivity contribution in [1.29, 1.82) is 0 Å². The standard InChI is InChI=1S/C17H16BrN3OS/c1-11-6-7-14-15(10-11)21-17(20-14)23-9-8-16(22)19-13-5-3-2-4-12(13)18/h2-7,10H,8-9H2,1H3,(H,19,22)(H,20,21). The van der Waals surface area contributed by atoms with Crippen LogP contribution in [0.2, 0.25) is 0 Å². The average molecular weight is 390 g/mol. The minimum absolute atomic E-state index is 0.00337. The summed E-state index contributed by atoms with van der Waals surface area (Å²) in [6, 6.07) is 13.7. The molecule has 0 aliphatic carbocycles. The van der Waals surface area contributed by atoms with Gasteiger partial charge in [-0.25, -0.2) is 4.98 Å². The fraction of sp³-hybridized carbons (Fsp3) is 0.176. The third kappa shape index (κ3) is 4.14. The highest BCUT2D eigenvalue weighted by atomic mass is 79.9. The Morgan fingerprint density at radius 2 is 2.13 bits per heavy atom. The maximum absolute atomic E-state index is 12.0. The molecule has 0 saturated carbocycles. The zero-order chi connectivity index (χ0) is 16.2. The zero-order valence-electron chi connectivity index (χ0n) is 12.6. The molecule has 23 heavy (non-hydrogen) atoms. The summed E-state index contributed by atoms with van der Waals surface area (Å²) in [5.41, 5.74) is 3.98. The van der Waals surface area contributed by atoms with Crippen molar-refractivity contribution in [2.75, 3.05) is 11.1 Å². The lowest BCUT2D eigenvalue weighted by molar-refractivity contribution is -0.115. The normalized spacial score (nSPS) is 10.9. The second-order valence-electron chi connectivity index (χ2n) is 5.19. The lowest BCUT2D eigenvalue weighted by Crippen LogP contribution is -2.12. The molecule has 3 rings (SSSR count). The Morgan fingerprint density at radius 3 is 2.96 bits per heavy atom. The van der Waals surface area contributed by atoms with E-state index in [4.69, 9.17) is 0 Å². The van der Waals surface area contributed by atoms with Crippen LogP contribution in [0.1, 0.15) is 12.0 Å². The number of aryl methyl sites for hydroxylation is 1. The predicted molar refractivity (Wildman–Crippen MR) is 98.9 cm³/mol. The van der Waals surface area contributed by atoms with E-state index in [2.05, 4.69) is 44.2 Å². The fourth-order valence-corrected chi connectivity index (χ4v) is 3.39. The Hall–Kier alpha value is -1.79. The maximum Gasteiger partial charge on any atom is 0.225 e. The summed E-state index contributed by atoms with van der Waals surface area (Å²) in [6.07, 6.45) is 0.433. The van der Waals surface area contributed by atoms with E-state index in [-0.39, 0.29) is 5.91 Å². The van der Waals surface area contributed by atoms with Gasteiger partial charge >= 0.3 is 0 Å². The molecule has 118 valence electrons. The Morgan fingerprint density at radius 1 is 1.30 bits per heavy atom. The van der Waals surface area contributed by atoms with Crippen molar-refractivity contribution < 1.29 is 4.79 Å². The molecule has 0 aliphatic rings. The summed E-state index contributed by atoms with van der Waals surface area (Å²) < 4.78 is 0.883. The van der Waals surface area contributed by atoms with Gasteiger partial charge in [-0.3, -0.25) is 4.79 Å². The first-order chi connectivity index (χ1) is 11.1. The van der Waals surface area contributed by atoms with E-state index in [0.717, 1.165) is 26.3 Å². The van der Waals surface area contributed by atoms with Crippen LogP contribution in [0.3, 0.4) is 0 Å². The van der Waals surface area contributed by atoms with E-state index in [1.54, 1.807) is 11.8 Å². The number of anilines is 1. The fourth-order valence-electron chi connectivity index (χ4n) is 2.18. The molecule has 2 aromatic carbocycles. The number of aromatic amines is 1. The van der Waals surface area contributed by atoms with Crippen molar-refractivity contribution >= 4 is 50.3 Å². The molecule has 2 N–H and O–H groups in total. The molecular formula is C17H16BrN3OS. The van der Waals surface area contributed by atoms with Crippen LogP contribution in [0.5, 0.6) is 0 Å². The Balaban J connectivity index is 1.54. The molecule has 1 aromatic heterocycles. The van der Waals surface area contributed by atoms with Crippen molar-refractivity contribution in [1.82, 2.24) is 9.97 Å². The van der Waals surface area contributed by atoms with Crippen LogP contribution < -0.4 is 5.32 Å². The Labute approximate surface area is 147 Å². The van der Waals surface area contributed by atoms with Crippen LogP contribution in [0, 0.1) is 6.92 Å². The van der Waals surface area contributed by atoms with Gasteiger partial charge in [0.2, 0.25) is 5.91 Å². The number of aromatic nitrogens is 2. The molecule has 0 aliphatic heterocycles. The molecule has 0 atom stereocenters. The molecule has 0 bridgehead atoms. The highest BCUT2D eigenvalue weighted by Crippen LogP contribution is 2.23. The Bertz CT molecular complexity index is 847. The maximum atomic E-state index is 12.0. The molecular weight excluding hydrogens is 374 g/mol. The number of rotatable bonds is 5. The lowest BCUT2D eigenvalue weighted by atomic mass is 10.2. The average Bonchev–Trinajstić information content (AvgIpc) is 2.91. The van der Waals surface area contributed by atoms with Gasteiger partial charge in [0.25, 0.3) is 0 Å². The molecule has 0 radical (unpaired) electrons. The van der Waals surface area contributed by atoms with E-state index < -0.39 is 0 Å². The Kier molecular flexibility index (Phi) is 5.03. The van der Waals surface area contributed by atoms with Crippen molar-refractivity contribution in [3.8, 4) is 0 Å². The minimum Gasteiger partial charge on any atom is -0.333 e. The summed E-state index contributed by atoms with van der Waals surface area (Å²) >= 11 is 4.98. The van der Waals surface area contributed by atoms with Gasteiger partial charge in [-0.15, -0.1) is 0 Å². The quantitative estimate of drug-likeness (QED) is 0.618. The van der Waals surface area contributed by atoms with Crippen molar-refractivity contribution in [3.63, 3.8) is 0 Å². The number of thioether (sulfide) groups is 1. The molecule has 1 heterocycles. The molecule has 4 nitrogen and oxygen atoms in total. The predicted octanol–water partition coefficient (Wildman–Crippen LogP) is 4.75. The second-order valence-corrected chi connectivity index (χ2v) is 7.13. The molecule has 1 amide bonds. The highest BCUT2D eigenvalue weighted by molar-refractivity contribution is 9.10. The van der Waals surface area contributed by atoms with Crippen LogP contribution in [0.25, 0.3) is 11.0 Å². The van der Waals surface area contributed by atoms with Gasteiger partial charge in [0.05, 0.1) is 16.7 Å². The summed E-state index contributed by atoms with van der Waals surface area (Å²) in [5, 5.41) is 3.75. The van der Waals surface area contributed by atoms with E-state index in [9.17, 15) is 4.79 Å². The van der Waals surface area contributed by atoms with Gasteiger partial charge in [-0.1, -0.05) is 30.0 Å². The van der Waals surface area contributed by atoms with Crippen LogP contribution in [0.4, 0.5) is 5.69 Å². The van der Waals surface area contributed by atoms with Gasteiger partial charge in [-0.2, -0.15) is 0 Å². The smallest absolute Gasteiger partial charge is 0.225 e. The number of nitrogens with one attached hydrogen (secondary N) is 2. The van der Waals surface area contributed by atoms with Crippen LogP contribution >= 0.6 is 27.7 Å². The molecule has 0 saturated heterocycles. The molecule has 6 heteroatoms. The minimum atomic E-state index is -0.00337. The number of fused-ring (bicyclic) bond motifs is 1. The zero-order valence-corrected chi connectivity index (χ0v) is 15.0. The number of halogens is 1. The summed E-state index contributed by atoms with van der Waals surface area (Å²) in [6.45, 7) is 2.05. The molecule has 0 fully saturated rings. The summed E-state index contributed by atoms with van der Waals surface area (Å²) in [5.74, 6) is 0.672. The first kappa shape index (κ1) is 16.1. The van der Waals surface area contributed by atoms with E-state index >= 15 is 0 Å².